The predicted octanol–water partition coefficient (Wildman–Crippen LogP) is 2.07. The zero-order valence-electron chi connectivity index (χ0n) is 6.82. The van der Waals surface area contributed by atoms with Crippen LogP contribution in [0.25, 0.3) is 0 Å². The fourth-order valence-electron chi connectivity index (χ4n) is 2.02. The van der Waals surface area contributed by atoms with Crippen molar-refractivity contribution in [2.75, 3.05) is 0 Å². The van der Waals surface area contributed by atoms with E-state index in [4.69, 9.17) is 0 Å². The van der Waals surface area contributed by atoms with Crippen LogP contribution in [0.1, 0.15) is 45.4 Å². The Kier molecular flexibility index (Phi) is 1.48. The van der Waals surface area contributed by atoms with Crippen LogP contribution >= 0.6 is 0 Å². The molecule has 2 saturated carbocycles. The molecule has 0 aliphatic heterocycles. The van der Waals surface area contributed by atoms with E-state index >= 15 is 0 Å². The maximum absolute atomic E-state index is 3.73. The minimum atomic E-state index is 0.529. The highest BCUT2D eigenvalue weighted by Crippen LogP contribution is 2.32. The van der Waals surface area contributed by atoms with Gasteiger partial charge in [-0.3, -0.25) is 0 Å². The van der Waals surface area contributed by atoms with Crippen molar-refractivity contribution in [2.24, 2.45) is 0 Å². The molecule has 58 valence electrons. The Balaban J connectivity index is 1.86. The average molecular weight is 139 g/mol. The van der Waals surface area contributed by atoms with Crippen molar-refractivity contribution < 1.29 is 0 Å². The van der Waals surface area contributed by atoms with Gasteiger partial charge in [0, 0.05) is 11.6 Å². The summed E-state index contributed by atoms with van der Waals surface area (Å²) in [6.45, 7) is 2.39. The van der Waals surface area contributed by atoms with Gasteiger partial charge in [0.15, 0.2) is 0 Å². The highest BCUT2D eigenvalue weighted by Gasteiger charge is 2.34. The molecular formula is C9H17N. The second kappa shape index (κ2) is 2.23. The lowest BCUT2D eigenvalue weighted by Gasteiger charge is -2.25. The average Bonchev–Trinajstić information content (AvgIpc) is 2.56. The fraction of sp³-hybridized carbons (Fsp3) is 1.00. The summed E-state index contributed by atoms with van der Waals surface area (Å²) in [5.74, 6) is 0. The number of rotatable bonds is 2. The Bertz CT molecular complexity index is 121. The molecule has 0 aromatic carbocycles. The Hall–Kier alpha value is -0.0400. The fourth-order valence-corrected chi connectivity index (χ4v) is 2.02. The predicted molar refractivity (Wildman–Crippen MR) is 43.0 cm³/mol. The summed E-state index contributed by atoms with van der Waals surface area (Å²) >= 11 is 0. The smallest absolute Gasteiger partial charge is 0.0155 e. The third-order valence-corrected chi connectivity index (χ3v) is 2.84. The van der Waals surface area contributed by atoms with Crippen molar-refractivity contribution in [3.8, 4) is 0 Å². The quantitative estimate of drug-likeness (QED) is 0.617. The van der Waals surface area contributed by atoms with Gasteiger partial charge in [0.2, 0.25) is 0 Å². The Morgan fingerprint density at radius 2 is 1.80 bits per heavy atom. The number of nitrogens with one attached hydrogen (secondary N) is 1. The standard InChI is InChI=1S/C9H17N/c1-9(6-2-3-7-9)10-8-4-5-8/h8,10H,2-7H2,1H3. The topological polar surface area (TPSA) is 12.0 Å². The number of hydrogen-bond donors (Lipinski definition) is 1. The molecule has 10 heavy (non-hydrogen) atoms. The molecule has 0 heterocycles. The van der Waals surface area contributed by atoms with Gasteiger partial charge < -0.3 is 5.32 Å². The van der Waals surface area contributed by atoms with E-state index in [0.29, 0.717) is 5.54 Å². The van der Waals surface area contributed by atoms with Crippen molar-refractivity contribution in [1.29, 1.82) is 0 Å². The van der Waals surface area contributed by atoms with E-state index in [0.717, 1.165) is 6.04 Å². The first kappa shape index (κ1) is 6.66. The molecule has 0 saturated heterocycles. The van der Waals surface area contributed by atoms with Crippen molar-refractivity contribution >= 4 is 0 Å². The van der Waals surface area contributed by atoms with Crippen LogP contribution in [-0.4, -0.2) is 11.6 Å². The van der Waals surface area contributed by atoms with E-state index in [1.807, 2.05) is 0 Å². The number of hydrogen-bond acceptors (Lipinski definition) is 1. The molecule has 0 bridgehead atoms. The first-order valence-electron chi connectivity index (χ1n) is 4.56. The summed E-state index contributed by atoms with van der Waals surface area (Å²) in [7, 11) is 0. The van der Waals surface area contributed by atoms with Crippen molar-refractivity contribution in [1.82, 2.24) is 5.32 Å². The van der Waals surface area contributed by atoms with E-state index in [1.165, 1.54) is 38.5 Å². The summed E-state index contributed by atoms with van der Waals surface area (Å²) in [5, 5.41) is 3.73. The van der Waals surface area contributed by atoms with Crippen molar-refractivity contribution in [3.63, 3.8) is 0 Å². The van der Waals surface area contributed by atoms with Crippen LogP contribution in [0.2, 0.25) is 0 Å². The first-order chi connectivity index (χ1) is 4.79. The molecule has 2 fully saturated rings. The second-order valence-corrected chi connectivity index (χ2v) is 4.19. The van der Waals surface area contributed by atoms with Crippen LogP contribution in [0.4, 0.5) is 0 Å². The molecule has 0 aromatic heterocycles. The molecule has 1 nitrogen and oxygen atoms in total. The summed E-state index contributed by atoms with van der Waals surface area (Å²) in [6, 6.07) is 0.892. The van der Waals surface area contributed by atoms with Gasteiger partial charge in [-0.15, -0.1) is 0 Å². The molecule has 2 aliphatic carbocycles. The lowest BCUT2D eigenvalue weighted by atomic mass is 10.0. The van der Waals surface area contributed by atoms with E-state index < -0.39 is 0 Å². The van der Waals surface area contributed by atoms with E-state index in [9.17, 15) is 0 Å². The molecule has 0 unspecified atom stereocenters. The Labute approximate surface area is 63.2 Å². The van der Waals surface area contributed by atoms with Crippen molar-refractivity contribution in [3.05, 3.63) is 0 Å². The minimum absolute atomic E-state index is 0.529. The lowest BCUT2D eigenvalue weighted by molar-refractivity contribution is 0.361. The first-order valence-corrected chi connectivity index (χ1v) is 4.56. The maximum atomic E-state index is 3.73. The summed E-state index contributed by atoms with van der Waals surface area (Å²) in [6.07, 6.45) is 8.55. The summed E-state index contributed by atoms with van der Waals surface area (Å²) < 4.78 is 0. The normalized spacial score (nSPS) is 30.9. The van der Waals surface area contributed by atoms with Gasteiger partial charge in [0.05, 0.1) is 0 Å². The molecule has 0 radical (unpaired) electrons. The third-order valence-electron chi connectivity index (χ3n) is 2.84. The summed E-state index contributed by atoms with van der Waals surface area (Å²) in [4.78, 5) is 0. The van der Waals surface area contributed by atoms with Crippen LogP contribution in [-0.2, 0) is 0 Å². The van der Waals surface area contributed by atoms with Crippen LogP contribution in [0.3, 0.4) is 0 Å². The second-order valence-electron chi connectivity index (χ2n) is 4.19. The zero-order chi connectivity index (χ0) is 7.03. The lowest BCUT2D eigenvalue weighted by Crippen LogP contribution is -2.40. The molecule has 0 atom stereocenters. The third kappa shape index (κ3) is 1.34. The largest absolute Gasteiger partial charge is 0.309 e. The van der Waals surface area contributed by atoms with Crippen LogP contribution < -0.4 is 5.32 Å². The molecule has 2 rings (SSSR count). The molecule has 0 spiro atoms. The van der Waals surface area contributed by atoms with Gasteiger partial charge in [-0.25, -0.2) is 0 Å². The van der Waals surface area contributed by atoms with Crippen LogP contribution in [0.5, 0.6) is 0 Å². The van der Waals surface area contributed by atoms with Crippen molar-refractivity contribution in [2.45, 2.75) is 57.0 Å². The van der Waals surface area contributed by atoms with Gasteiger partial charge in [0.25, 0.3) is 0 Å². The van der Waals surface area contributed by atoms with Crippen LogP contribution in [0, 0.1) is 0 Å². The Morgan fingerprint density at radius 3 is 2.30 bits per heavy atom. The van der Waals surface area contributed by atoms with Crippen LogP contribution in [0.15, 0.2) is 0 Å². The van der Waals surface area contributed by atoms with Gasteiger partial charge in [-0.1, -0.05) is 12.8 Å². The Morgan fingerprint density at radius 1 is 1.20 bits per heavy atom. The minimum Gasteiger partial charge on any atom is -0.309 e. The van der Waals surface area contributed by atoms with Gasteiger partial charge in [-0.05, 0) is 32.6 Å². The molecule has 0 aromatic rings. The van der Waals surface area contributed by atoms with Gasteiger partial charge in [-0.2, -0.15) is 0 Å². The van der Waals surface area contributed by atoms with E-state index in [-0.39, 0.29) is 0 Å². The highest BCUT2D eigenvalue weighted by molar-refractivity contribution is 4.95. The highest BCUT2D eigenvalue weighted by atomic mass is 15.0. The van der Waals surface area contributed by atoms with E-state index in [1.54, 1.807) is 0 Å². The molecule has 2 aliphatic rings. The molecule has 1 N–H and O–H groups in total. The zero-order valence-corrected chi connectivity index (χ0v) is 6.82. The maximum Gasteiger partial charge on any atom is 0.0155 e. The van der Waals surface area contributed by atoms with E-state index in [2.05, 4.69) is 12.2 Å². The SMILES string of the molecule is CC1(NC2CC2)CCCC1. The molecule has 1 heteroatoms. The summed E-state index contributed by atoms with van der Waals surface area (Å²) in [5.41, 5.74) is 0.529. The van der Waals surface area contributed by atoms with Gasteiger partial charge >= 0.3 is 0 Å². The monoisotopic (exact) mass is 139 g/mol. The molecular weight excluding hydrogens is 122 g/mol. The molecule has 0 amide bonds. The van der Waals surface area contributed by atoms with Gasteiger partial charge in [0.1, 0.15) is 0 Å².